The van der Waals surface area contributed by atoms with Crippen LogP contribution in [0, 0.1) is 0 Å². The van der Waals surface area contributed by atoms with Gasteiger partial charge in [0.2, 0.25) is 11.7 Å². The van der Waals surface area contributed by atoms with E-state index in [2.05, 4.69) is 20.5 Å². The predicted octanol–water partition coefficient (Wildman–Crippen LogP) is 1.99. The lowest BCUT2D eigenvalue weighted by Crippen LogP contribution is -2.29. The Morgan fingerprint density at radius 3 is 2.30 bits per heavy atom. The summed E-state index contributed by atoms with van der Waals surface area (Å²) in [6, 6.07) is 12.6. The van der Waals surface area contributed by atoms with E-state index in [9.17, 15) is 9.59 Å². The summed E-state index contributed by atoms with van der Waals surface area (Å²) in [4.78, 5) is 27.2. The van der Waals surface area contributed by atoms with Gasteiger partial charge in [-0.05, 0) is 24.3 Å². The van der Waals surface area contributed by atoms with Crippen molar-refractivity contribution >= 4 is 5.91 Å². The summed E-state index contributed by atoms with van der Waals surface area (Å²) in [5.41, 5.74) is 0.285. The topological polar surface area (TPSA) is 125 Å². The van der Waals surface area contributed by atoms with Gasteiger partial charge in [0, 0.05) is 18.4 Å². The summed E-state index contributed by atoms with van der Waals surface area (Å²) in [6.07, 6.45) is 0.260. The Hall–Kier alpha value is -4.08. The van der Waals surface area contributed by atoms with Gasteiger partial charge in [0.05, 0.1) is 27.9 Å². The minimum absolute atomic E-state index is 0.104. The molecule has 0 aliphatic rings. The van der Waals surface area contributed by atoms with Gasteiger partial charge in [-0.1, -0.05) is 18.2 Å². The van der Waals surface area contributed by atoms with E-state index in [0.717, 1.165) is 5.75 Å². The van der Waals surface area contributed by atoms with E-state index in [-0.39, 0.29) is 30.3 Å². The molecular formula is C23H26N4O6. The normalized spacial score (nSPS) is 10.4. The van der Waals surface area contributed by atoms with Crippen LogP contribution < -0.4 is 29.8 Å². The highest BCUT2D eigenvalue weighted by Crippen LogP contribution is 2.40. The molecule has 0 bridgehead atoms. The molecule has 0 saturated heterocycles. The number of amides is 1. The van der Waals surface area contributed by atoms with Crippen LogP contribution in [-0.4, -0.2) is 55.6 Å². The summed E-state index contributed by atoms with van der Waals surface area (Å²) in [7, 11) is 4.50. The molecule has 0 aliphatic heterocycles. The fourth-order valence-electron chi connectivity index (χ4n) is 3.07. The van der Waals surface area contributed by atoms with Gasteiger partial charge in [-0.25, -0.2) is 0 Å². The third-order valence-electron chi connectivity index (χ3n) is 4.73. The number of nitrogens with zero attached hydrogens (tertiary/aromatic N) is 2. The van der Waals surface area contributed by atoms with Crippen LogP contribution in [0.5, 0.6) is 23.0 Å². The molecule has 10 nitrogen and oxygen atoms in total. The number of hydrogen-bond donors (Lipinski definition) is 2. The maximum atomic E-state index is 12.5. The third kappa shape index (κ3) is 6.22. The molecule has 0 saturated carbocycles. The van der Waals surface area contributed by atoms with Crippen molar-refractivity contribution in [2.45, 2.75) is 12.8 Å². The van der Waals surface area contributed by atoms with Gasteiger partial charge >= 0.3 is 0 Å². The molecule has 2 aromatic carbocycles. The predicted molar refractivity (Wildman–Crippen MR) is 121 cm³/mol. The summed E-state index contributed by atoms with van der Waals surface area (Å²) >= 11 is 0. The second-order valence-corrected chi connectivity index (χ2v) is 6.87. The number of benzene rings is 2. The first-order chi connectivity index (χ1) is 16.0. The number of aryl methyl sites for hydroxylation is 1. The first-order valence-electron chi connectivity index (χ1n) is 10.3. The molecule has 174 valence electrons. The van der Waals surface area contributed by atoms with Crippen molar-refractivity contribution < 1.29 is 23.7 Å². The van der Waals surface area contributed by atoms with E-state index in [1.54, 1.807) is 12.1 Å². The van der Waals surface area contributed by atoms with Crippen LogP contribution >= 0.6 is 0 Å². The molecule has 0 aliphatic carbocycles. The van der Waals surface area contributed by atoms with Crippen molar-refractivity contribution in [2.75, 3.05) is 34.5 Å². The zero-order valence-electron chi connectivity index (χ0n) is 18.7. The Balaban J connectivity index is 1.57. The van der Waals surface area contributed by atoms with Gasteiger partial charge in [0.15, 0.2) is 17.3 Å². The Bertz CT molecular complexity index is 1110. The van der Waals surface area contributed by atoms with E-state index >= 15 is 0 Å². The van der Waals surface area contributed by atoms with Gasteiger partial charge in [-0.3, -0.25) is 9.59 Å². The number of aromatic nitrogens is 3. The Labute approximate surface area is 190 Å². The SMILES string of the molecule is COc1cc(-c2nnc(CCC(=O)NCCOc3ccccc3)c(=O)[nH]2)cc(OC)c1OC. The molecule has 3 aromatic rings. The van der Waals surface area contributed by atoms with Crippen LogP contribution in [0.15, 0.2) is 47.3 Å². The lowest BCUT2D eigenvalue weighted by Gasteiger charge is -2.13. The number of carbonyl (C=O) groups is 1. The summed E-state index contributed by atoms with van der Waals surface area (Å²) < 4.78 is 21.5. The van der Waals surface area contributed by atoms with Crippen LogP contribution in [0.1, 0.15) is 12.1 Å². The van der Waals surface area contributed by atoms with Gasteiger partial charge in [-0.15, -0.1) is 10.2 Å². The van der Waals surface area contributed by atoms with Crippen LogP contribution in [-0.2, 0) is 11.2 Å². The molecule has 0 unspecified atom stereocenters. The highest BCUT2D eigenvalue weighted by Gasteiger charge is 2.16. The minimum atomic E-state index is -0.422. The average molecular weight is 454 g/mol. The van der Waals surface area contributed by atoms with Gasteiger partial charge in [0.25, 0.3) is 5.56 Å². The van der Waals surface area contributed by atoms with Crippen molar-refractivity contribution in [2.24, 2.45) is 0 Å². The van der Waals surface area contributed by atoms with Gasteiger partial charge < -0.3 is 29.2 Å². The molecule has 0 radical (unpaired) electrons. The number of methoxy groups -OCH3 is 3. The lowest BCUT2D eigenvalue weighted by molar-refractivity contribution is -0.121. The molecular weight excluding hydrogens is 428 g/mol. The second-order valence-electron chi connectivity index (χ2n) is 6.87. The molecule has 0 atom stereocenters. The van der Waals surface area contributed by atoms with E-state index in [0.29, 0.717) is 36.0 Å². The molecule has 2 N–H and O–H groups in total. The van der Waals surface area contributed by atoms with Crippen molar-refractivity contribution in [1.29, 1.82) is 0 Å². The quantitative estimate of drug-likeness (QED) is 0.422. The Morgan fingerprint density at radius 1 is 1.00 bits per heavy atom. The van der Waals surface area contributed by atoms with E-state index in [1.165, 1.54) is 21.3 Å². The lowest BCUT2D eigenvalue weighted by atomic mass is 10.1. The highest BCUT2D eigenvalue weighted by atomic mass is 16.5. The van der Waals surface area contributed by atoms with E-state index in [1.807, 2.05) is 30.3 Å². The van der Waals surface area contributed by atoms with Crippen molar-refractivity contribution in [3.63, 3.8) is 0 Å². The van der Waals surface area contributed by atoms with Gasteiger partial charge in [-0.2, -0.15) is 0 Å². The smallest absolute Gasteiger partial charge is 0.273 e. The molecule has 33 heavy (non-hydrogen) atoms. The number of para-hydroxylation sites is 1. The Morgan fingerprint density at radius 2 is 1.70 bits per heavy atom. The molecule has 0 spiro atoms. The summed E-state index contributed by atoms with van der Waals surface area (Å²) in [6.45, 7) is 0.704. The zero-order valence-corrected chi connectivity index (χ0v) is 18.7. The maximum absolute atomic E-state index is 12.5. The van der Waals surface area contributed by atoms with Gasteiger partial charge in [0.1, 0.15) is 18.1 Å². The van der Waals surface area contributed by atoms with Crippen molar-refractivity contribution in [1.82, 2.24) is 20.5 Å². The molecule has 0 fully saturated rings. The standard InChI is InChI=1S/C23H26N4O6/c1-30-18-13-15(14-19(31-2)21(18)32-3)22-25-23(29)17(26-27-22)9-10-20(28)24-11-12-33-16-7-5-4-6-8-16/h4-8,13-14H,9-12H2,1-3H3,(H,24,28)(H,25,27,29). The largest absolute Gasteiger partial charge is 0.493 e. The molecule has 3 rings (SSSR count). The van der Waals surface area contributed by atoms with Crippen LogP contribution in [0.4, 0.5) is 0 Å². The van der Waals surface area contributed by atoms with E-state index < -0.39 is 5.56 Å². The number of rotatable bonds is 11. The number of H-pyrrole nitrogens is 1. The molecule has 10 heteroatoms. The fraction of sp³-hybridized carbons (Fsp3) is 0.304. The maximum Gasteiger partial charge on any atom is 0.273 e. The average Bonchev–Trinajstić information content (AvgIpc) is 2.85. The van der Waals surface area contributed by atoms with Crippen molar-refractivity contribution in [3.8, 4) is 34.4 Å². The van der Waals surface area contributed by atoms with E-state index in [4.69, 9.17) is 18.9 Å². The van der Waals surface area contributed by atoms with Crippen LogP contribution in [0.25, 0.3) is 11.4 Å². The number of aromatic amines is 1. The molecule has 1 aromatic heterocycles. The monoisotopic (exact) mass is 454 g/mol. The number of ether oxygens (including phenoxy) is 4. The first kappa shape index (κ1) is 23.6. The Kier molecular flexibility index (Phi) is 8.23. The first-order valence-corrected chi connectivity index (χ1v) is 10.3. The highest BCUT2D eigenvalue weighted by molar-refractivity contribution is 5.76. The number of nitrogens with one attached hydrogen (secondary N) is 2. The van der Waals surface area contributed by atoms with Crippen LogP contribution in [0.2, 0.25) is 0 Å². The summed E-state index contributed by atoms with van der Waals surface area (Å²) in [5, 5.41) is 10.9. The fourth-order valence-corrected chi connectivity index (χ4v) is 3.07. The second kappa shape index (κ2) is 11.5. The molecule has 1 amide bonds. The zero-order chi connectivity index (χ0) is 23.6. The summed E-state index contributed by atoms with van der Waals surface area (Å²) in [5.74, 6) is 2.04. The van der Waals surface area contributed by atoms with Crippen molar-refractivity contribution in [3.05, 3.63) is 58.5 Å². The number of carbonyl (C=O) groups excluding carboxylic acids is 1. The van der Waals surface area contributed by atoms with Crippen LogP contribution in [0.3, 0.4) is 0 Å². The molecule has 1 heterocycles. The number of hydrogen-bond acceptors (Lipinski definition) is 8. The third-order valence-corrected chi connectivity index (χ3v) is 4.73. The minimum Gasteiger partial charge on any atom is -0.493 e.